The van der Waals surface area contributed by atoms with Crippen molar-refractivity contribution in [3.63, 3.8) is 0 Å². The predicted molar refractivity (Wildman–Crippen MR) is 130 cm³/mol. The first-order valence-electron chi connectivity index (χ1n) is 10.0. The van der Waals surface area contributed by atoms with Gasteiger partial charge in [-0.2, -0.15) is 18.2 Å². The fourth-order valence-corrected chi connectivity index (χ4v) is 4.72. The molecule has 7 nitrogen and oxygen atoms in total. The van der Waals surface area contributed by atoms with Crippen LogP contribution in [0.15, 0.2) is 59.5 Å². The van der Waals surface area contributed by atoms with Gasteiger partial charge in [0.2, 0.25) is 5.75 Å². The van der Waals surface area contributed by atoms with Crippen LogP contribution in [0.3, 0.4) is 0 Å². The first kappa shape index (κ1) is 24.5. The second-order valence-electron chi connectivity index (χ2n) is 7.50. The second-order valence-corrected chi connectivity index (χ2v) is 9.17. The number of thioether (sulfide) groups is 1. The monoisotopic (exact) mass is 519 g/mol. The van der Waals surface area contributed by atoms with Crippen molar-refractivity contribution in [3.8, 4) is 11.5 Å². The molecule has 4 rings (SSSR count). The maximum absolute atomic E-state index is 13.2. The second kappa shape index (κ2) is 9.19. The van der Waals surface area contributed by atoms with Gasteiger partial charge in [0.25, 0.3) is 5.91 Å². The van der Waals surface area contributed by atoms with E-state index >= 15 is 0 Å². The van der Waals surface area contributed by atoms with Crippen LogP contribution in [0, 0.1) is 24.0 Å². The first-order valence-corrected chi connectivity index (χ1v) is 11.3. The van der Waals surface area contributed by atoms with Gasteiger partial charge in [0, 0.05) is 23.0 Å². The van der Waals surface area contributed by atoms with Gasteiger partial charge >= 0.3 is 11.9 Å². The molecule has 0 aliphatic carbocycles. The van der Waals surface area contributed by atoms with Crippen molar-refractivity contribution in [1.82, 2.24) is 4.68 Å². The Bertz CT molecular complexity index is 1380. The van der Waals surface area contributed by atoms with E-state index in [1.807, 2.05) is 26.0 Å². The third-order valence-corrected chi connectivity index (χ3v) is 6.40. The van der Waals surface area contributed by atoms with E-state index in [-0.39, 0.29) is 17.4 Å². The molecule has 0 unspecified atom stereocenters. The van der Waals surface area contributed by atoms with Gasteiger partial charge in [-0.3, -0.25) is 19.6 Å². The number of carbonyl (C=O) groups is 1. The van der Waals surface area contributed by atoms with Crippen molar-refractivity contribution in [2.24, 2.45) is 0 Å². The lowest BCUT2D eigenvalue weighted by atomic mass is 10.1. The fraction of sp³-hybridized carbons (Fsp3) is 0.130. The van der Waals surface area contributed by atoms with Crippen molar-refractivity contribution in [3.05, 3.63) is 92.1 Å². The van der Waals surface area contributed by atoms with Crippen molar-refractivity contribution in [2.75, 3.05) is 5.01 Å². The molecule has 180 valence electrons. The summed E-state index contributed by atoms with van der Waals surface area (Å²) in [5.74, 6) is -0.610. The molecule has 1 aromatic heterocycles. The number of benzene rings is 2. The van der Waals surface area contributed by atoms with Gasteiger partial charge in [0.05, 0.1) is 15.4 Å². The highest BCUT2D eigenvalue weighted by atomic mass is 32.2. The van der Waals surface area contributed by atoms with Crippen molar-refractivity contribution in [2.45, 2.75) is 20.0 Å². The average molecular weight is 520 g/mol. The summed E-state index contributed by atoms with van der Waals surface area (Å²) in [5, 5.41) is 12.8. The average Bonchev–Trinajstić information content (AvgIpc) is 3.25. The van der Waals surface area contributed by atoms with Crippen LogP contribution in [-0.4, -0.2) is 19.8 Å². The number of thiocarbonyl (C=S) groups is 1. The normalized spacial score (nSPS) is 15.2. The van der Waals surface area contributed by atoms with E-state index in [2.05, 4.69) is 0 Å². The topological polar surface area (TPSA) is 77.6 Å². The highest BCUT2D eigenvalue weighted by Gasteiger charge is 2.35. The molecular weight excluding hydrogens is 503 g/mol. The Hall–Kier alpha value is -3.64. The number of para-hydroxylation sites is 1. The molecule has 0 saturated carbocycles. The number of carbonyl (C=O) groups excluding carboxylic acids is 1. The van der Waals surface area contributed by atoms with Crippen LogP contribution in [0.1, 0.15) is 22.5 Å². The third kappa shape index (κ3) is 4.80. The number of aryl methyl sites for hydroxylation is 2. The lowest BCUT2D eigenvalue weighted by molar-refractivity contribution is -0.385. The molecule has 0 atom stereocenters. The molecule has 0 N–H and O–H groups in total. The number of nitro groups is 1. The van der Waals surface area contributed by atoms with Crippen molar-refractivity contribution >= 4 is 46.0 Å². The largest absolute Gasteiger partial charge is 0.449 e. The molecule has 1 aliphatic rings. The number of nitro benzene ring substituents is 1. The standard InChI is InChI=1S/C23H16F3N3O4S2/c1-13-7-8-14(2)27(13)28-21(30)20(35-22(28)34)11-15-5-3-4-6-18(15)33-19-10-9-16(23(24,25)26)12-17(19)29(31)32/h3-12H,1-2H3/b20-11+. The minimum Gasteiger partial charge on any atom is -0.449 e. The zero-order valence-corrected chi connectivity index (χ0v) is 19.8. The van der Waals surface area contributed by atoms with Gasteiger partial charge in [-0.25, -0.2) is 0 Å². The Morgan fingerprint density at radius 1 is 1.06 bits per heavy atom. The molecule has 1 aliphatic heterocycles. The van der Waals surface area contributed by atoms with Crippen LogP contribution in [-0.2, 0) is 11.0 Å². The summed E-state index contributed by atoms with van der Waals surface area (Å²) in [6.07, 6.45) is -3.22. The van der Waals surface area contributed by atoms with Crippen LogP contribution in [0.25, 0.3) is 6.08 Å². The van der Waals surface area contributed by atoms with E-state index in [9.17, 15) is 28.1 Å². The molecule has 12 heteroatoms. The lowest BCUT2D eigenvalue weighted by Crippen LogP contribution is -2.39. The van der Waals surface area contributed by atoms with Crippen LogP contribution in [0.5, 0.6) is 11.5 Å². The van der Waals surface area contributed by atoms with Crippen molar-refractivity contribution in [1.29, 1.82) is 0 Å². The third-order valence-electron chi connectivity index (χ3n) is 5.12. The highest BCUT2D eigenvalue weighted by Crippen LogP contribution is 2.40. The Balaban J connectivity index is 1.69. The number of amides is 1. The number of aromatic nitrogens is 1. The van der Waals surface area contributed by atoms with Crippen LogP contribution < -0.4 is 9.75 Å². The molecule has 3 aromatic rings. The quantitative estimate of drug-likeness (QED) is 0.169. The zero-order chi connectivity index (χ0) is 25.5. The van der Waals surface area contributed by atoms with Crippen molar-refractivity contribution < 1.29 is 27.6 Å². The molecule has 1 amide bonds. The summed E-state index contributed by atoms with van der Waals surface area (Å²) < 4.78 is 46.7. The molecule has 1 saturated heterocycles. The predicted octanol–water partition coefficient (Wildman–Crippen LogP) is 6.36. The number of ether oxygens (including phenoxy) is 1. The van der Waals surface area contributed by atoms with Gasteiger partial charge in [0.15, 0.2) is 4.32 Å². The number of halogens is 3. The Morgan fingerprint density at radius 3 is 2.34 bits per heavy atom. The number of rotatable bonds is 5. The SMILES string of the molecule is Cc1ccc(C)n1N1C(=O)/C(=C\c2ccccc2Oc2ccc(C(F)(F)F)cc2[N+](=O)[O-])SC1=S. The van der Waals surface area contributed by atoms with E-state index in [0.29, 0.717) is 26.9 Å². The molecule has 0 radical (unpaired) electrons. The van der Waals surface area contributed by atoms with E-state index in [1.165, 1.54) is 17.2 Å². The minimum atomic E-state index is -4.74. The molecule has 35 heavy (non-hydrogen) atoms. The number of alkyl halides is 3. The van der Waals surface area contributed by atoms with Crippen LogP contribution >= 0.6 is 24.0 Å². The summed E-state index contributed by atoms with van der Waals surface area (Å²) in [5.41, 5.74) is 0.0311. The minimum absolute atomic E-state index is 0.119. The zero-order valence-electron chi connectivity index (χ0n) is 18.2. The maximum atomic E-state index is 13.2. The Labute approximate surface area is 206 Å². The molecule has 0 bridgehead atoms. The van der Waals surface area contributed by atoms with Gasteiger partial charge < -0.3 is 4.74 Å². The highest BCUT2D eigenvalue weighted by molar-refractivity contribution is 8.27. The van der Waals surface area contributed by atoms with E-state index < -0.39 is 22.4 Å². The van der Waals surface area contributed by atoms with E-state index in [1.54, 1.807) is 22.9 Å². The first-order chi connectivity index (χ1) is 16.5. The summed E-state index contributed by atoms with van der Waals surface area (Å²) in [6, 6.07) is 12.1. The summed E-state index contributed by atoms with van der Waals surface area (Å²) in [7, 11) is 0. The molecule has 2 aromatic carbocycles. The van der Waals surface area contributed by atoms with Gasteiger partial charge in [-0.05, 0) is 62.5 Å². The van der Waals surface area contributed by atoms with Gasteiger partial charge in [-0.15, -0.1) is 0 Å². The van der Waals surface area contributed by atoms with Crippen LogP contribution in [0.2, 0.25) is 0 Å². The fourth-order valence-electron chi connectivity index (χ4n) is 3.48. The maximum Gasteiger partial charge on any atom is 0.416 e. The molecular formula is C23H16F3N3O4S2. The lowest BCUT2D eigenvalue weighted by Gasteiger charge is -2.20. The Kier molecular flexibility index (Phi) is 6.43. The summed E-state index contributed by atoms with van der Waals surface area (Å²) in [6.45, 7) is 3.69. The molecule has 1 fully saturated rings. The summed E-state index contributed by atoms with van der Waals surface area (Å²) >= 11 is 6.49. The van der Waals surface area contributed by atoms with Crippen LogP contribution in [0.4, 0.5) is 18.9 Å². The Morgan fingerprint density at radius 2 is 1.71 bits per heavy atom. The van der Waals surface area contributed by atoms with Gasteiger partial charge in [0.1, 0.15) is 5.75 Å². The van der Waals surface area contributed by atoms with E-state index in [0.717, 1.165) is 29.2 Å². The van der Waals surface area contributed by atoms with E-state index in [4.69, 9.17) is 17.0 Å². The number of nitrogens with zero attached hydrogens (tertiary/aromatic N) is 3. The number of hydrogen-bond acceptors (Lipinski definition) is 6. The molecule has 0 spiro atoms. The molecule has 2 heterocycles. The number of hydrogen-bond donors (Lipinski definition) is 0. The van der Waals surface area contributed by atoms with Gasteiger partial charge in [-0.1, -0.05) is 30.0 Å². The summed E-state index contributed by atoms with van der Waals surface area (Å²) in [4.78, 5) is 23.9. The smallest absolute Gasteiger partial charge is 0.416 e.